The fraction of sp³-hybridized carbons (Fsp3) is 0.211. The Balaban J connectivity index is 2.05. The van der Waals surface area contributed by atoms with Gasteiger partial charge in [-0.25, -0.2) is 5.48 Å². The highest BCUT2D eigenvalue weighted by Crippen LogP contribution is 2.32. The molecule has 3 amide bonds. The average Bonchev–Trinajstić information content (AvgIpc) is 2.88. The quantitative estimate of drug-likeness (QED) is 0.668. The highest BCUT2D eigenvalue weighted by Gasteiger charge is 2.50. The summed E-state index contributed by atoms with van der Waals surface area (Å²) in [6, 6.07) is 15.8. The van der Waals surface area contributed by atoms with Gasteiger partial charge in [-0.15, -0.1) is 0 Å². The number of amides is 3. The largest absolute Gasteiger partial charge is 0.277 e. The Morgan fingerprint density at radius 2 is 1.52 bits per heavy atom. The van der Waals surface area contributed by atoms with Crippen LogP contribution in [0, 0.1) is 0 Å². The van der Waals surface area contributed by atoms with Crippen LogP contribution in [0.2, 0.25) is 0 Å². The maximum absolute atomic E-state index is 12.8. The maximum Gasteiger partial charge on any atom is 0.270 e. The molecule has 0 saturated heterocycles. The lowest BCUT2D eigenvalue weighted by molar-refractivity contribution is -0.140. The van der Waals surface area contributed by atoms with E-state index < -0.39 is 23.3 Å². The molecule has 0 bridgehead atoms. The van der Waals surface area contributed by atoms with Crippen molar-refractivity contribution in [3.63, 3.8) is 0 Å². The van der Waals surface area contributed by atoms with Gasteiger partial charge in [0.2, 0.25) is 0 Å². The molecule has 2 aromatic rings. The van der Waals surface area contributed by atoms with Gasteiger partial charge in [0.25, 0.3) is 17.7 Å². The van der Waals surface area contributed by atoms with Crippen LogP contribution in [0.1, 0.15) is 33.2 Å². The van der Waals surface area contributed by atoms with Crippen molar-refractivity contribution in [1.29, 1.82) is 0 Å². The number of fused-ring (bicyclic) bond motifs is 1. The molecule has 6 nitrogen and oxygen atoms in total. The van der Waals surface area contributed by atoms with Crippen molar-refractivity contribution >= 4 is 17.7 Å². The zero-order valence-electron chi connectivity index (χ0n) is 14.0. The maximum atomic E-state index is 12.8. The van der Waals surface area contributed by atoms with E-state index in [1.807, 2.05) is 30.3 Å². The molecular weight excluding hydrogens is 320 g/mol. The first-order valence-corrected chi connectivity index (χ1v) is 7.84. The lowest BCUT2D eigenvalue weighted by atomic mass is 9.90. The summed E-state index contributed by atoms with van der Waals surface area (Å²) in [5, 5.41) is 0. The minimum absolute atomic E-state index is 0.175. The summed E-state index contributed by atoms with van der Waals surface area (Å²) in [6.45, 7) is 1.57. The van der Waals surface area contributed by atoms with Crippen LogP contribution in [0.15, 0.2) is 54.6 Å². The first-order valence-electron chi connectivity index (χ1n) is 7.84. The molecule has 6 heteroatoms. The van der Waals surface area contributed by atoms with E-state index in [0.717, 1.165) is 10.5 Å². The molecule has 0 fully saturated rings. The average molecular weight is 338 g/mol. The normalized spacial score (nSPS) is 15.7. The lowest BCUT2D eigenvalue weighted by Crippen LogP contribution is -2.60. The van der Waals surface area contributed by atoms with Crippen LogP contribution in [0.25, 0.3) is 0 Å². The Kier molecular flexibility index (Phi) is 4.37. The number of rotatable bonds is 5. The number of hydroxylamine groups is 1. The van der Waals surface area contributed by atoms with Gasteiger partial charge in [-0.2, -0.15) is 0 Å². The molecule has 0 aromatic heterocycles. The number of hydrogen-bond acceptors (Lipinski definition) is 4. The topological polar surface area (TPSA) is 75.7 Å². The molecule has 1 atom stereocenters. The molecule has 128 valence electrons. The summed E-state index contributed by atoms with van der Waals surface area (Å²) >= 11 is 0. The number of nitrogens with zero attached hydrogens (tertiary/aromatic N) is 1. The number of hydrogen-bond donors (Lipinski definition) is 1. The van der Waals surface area contributed by atoms with Gasteiger partial charge in [0, 0.05) is 6.42 Å². The summed E-state index contributed by atoms with van der Waals surface area (Å²) in [4.78, 5) is 44.2. The monoisotopic (exact) mass is 338 g/mol. The van der Waals surface area contributed by atoms with E-state index >= 15 is 0 Å². The van der Waals surface area contributed by atoms with Crippen molar-refractivity contribution in [3.05, 3.63) is 71.3 Å². The third kappa shape index (κ3) is 2.81. The molecule has 3 rings (SSSR count). The van der Waals surface area contributed by atoms with E-state index in [2.05, 4.69) is 5.48 Å². The molecular formula is C19H18N2O4. The van der Waals surface area contributed by atoms with Crippen molar-refractivity contribution in [2.24, 2.45) is 0 Å². The molecule has 1 heterocycles. The Morgan fingerprint density at radius 3 is 2.04 bits per heavy atom. The van der Waals surface area contributed by atoms with E-state index in [4.69, 9.17) is 4.84 Å². The molecule has 0 radical (unpaired) electrons. The van der Waals surface area contributed by atoms with Crippen LogP contribution in [-0.2, 0) is 16.1 Å². The molecule has 0 aliphatic carbocycles. The van der Waals surface area contributed by atoms with Gasteiger partial charge in [0.05, 0.1) is 18.2 Å². The van der Waals surface area contributed by atoms with E-state index in [-0.39, 0.29) is 6.42 Å². The highest BCUT2D eigenvalue weighted by atomic mass is 16.6. The number of imide groups is 1. The Bertz CT molecular complexity index is 799. The Labute approximate surface area is 145 Å². The fourth-order valence-corrected chi connectivity index (χ4v) is 3.09. The van der Waals surface area contributed by atoms with Crippen LogP contribution in [-0.4, -0.2) is 35.3 Å². The third-order valence-corrected chi connectivity index (χ3v) is 4.36. The van der Waals surface area contributed by atoms with E-state index in [9.17, 15) is 14.4 Å². The van der Waals surface area contributed by atoms with Crippen LogP contribution in [0.4, 0.5) is 0 Å². The van der Waals surface area contributed by atoms with Gasteiger partial charge in [0.1, 0.15) is 5.54 Å². The number of carbonyl (C=O) groups excluding carboxylic acids is 3. The van der Waals surface area contributed by atoms with Gasteiger partial charge in [-0.05, 0) is 24.6 Å². The Hall–Kier alpha value is -2.99. The van der Waals surface area contributed by atoms with E-state index in [0.29, 0.717) is 11.1 Å². The second-order valence-corrected chi connectivity index (χ2v) is 6.06. The van der Waals surface area contributed by atoms with Gasteiger partial charge in [0.15, 0.2) is 0 Å². The minimum atomic E-state index is -1.43. The first kappa shape index (κ1) is 16.9. The van der Waals surface area contributed by atoms with Gasteiger partial charge >= 0.3 is 0 Å². The van der Waals surface area contributed by atoms with Crippen LogP contribution in [0.5, 0.6) is 0 Å². The molecule has 2 aromatic carbocycles. The molecule has 1 unspecified atom stereocenters. The number of nitrogens with one attached hydrogen (secondary N) is 1. The van der Waals surface area contributed by atoms with Crippen LogP contribution in [0.3, 0.4) is 0 Å². The number of benzene rings is 2. The second-order valence-electron chi connectivity index (χ2n) is 6.06. The first-order chi connectivity index (χ1) is 12.0. The molecule has 1 aliphatic rings. The molecule has 1 N–H and O–H groups in total. The predicted octanol–water partition coefficient (Wildman–Crippen LogP) is 1.96. The van der Waals surface area contributed by atoms with Gasteiger partial charge in [-0.3, -0.25) is 24.1 Å². The molecule has 1 aliphatic heterocycles. The van der Waals surface area contributed by atoms with Crippen molar-refractivity contribution in [1.82, 2.24) is 10.4 Å². The van der Waals surface area contributed by atoms with Crippen molar-refractivity contribution in [2.45, 2.75) is 18.9 Å². The second kappa shape index (κ2) is 6.49. The van der Waals surface area contributed by atoms with Gasteiger partial charge < -0.3 is 0 Å². The highest BCUT2D eigenvalue weighted by molar-refractivity contribution is 6.23. The molecule has 0 saturated carbocycles. The van der Waals surface area contributed by atoms with Crippen molar-refractivity contribution in [3.8, 4) is 0 Å². The zero-order valence-corrected chi connectivity index (χ0v) is 14.0. The van der Waals surface area contributed by atoms with E-state index in [1.165, 1.54) is 7.11 Å². The standard InChI is InChI=1S/C19H18N2O4/c1-19(18(24)20-25-2,12-13-8-4-3-5-9-13)21-16(22)14-10-6-7-11-15(14)17(21)23/h3-11H,12H2,1-2H3,(H,20,24). The predicted molar refractivity (Wildman–Crippen MR) is 90.6 cm³/mol. The summed E-state index contributed by atoms with van der Waals surface area (Å²) in [5.74, 6) is -1.52. The smallest absolute Gasteiger partial charge is 0.270 e. The summed E-state index contributed by atoms with van der Waals surface area (Å²) < 4.78 is 0. The third-order valence-electron chi connectivity index (χ3n) is 4.36. The Morgan fingerprint density at radius 1 is 1.00 bits per heavy atom. The summed E-state index contributed by atoms with van der Waals surface area (Å²) in [7, 11) is 1.31. The van der Waals surface area contributed by atoms with Crippen molar-refractivity contribution < 1.29 is 19.2 Å². The summed E-state index contributed by atoms with van der Waals surface area (Å²) in [6.07, 6.45) is 0.175. The molecule has 0 spiro atoms. The SMILES string of the molecule is CONC(=O)C(C)(Cc1ccccc1)N1C(=O)c2ccccc2C1=O. The van der Waals surface area contributed by atoms with E-state index in [1.54, 1.807) is 31.2 Å². The van der Waals surface area contributed by atoms with Gasteiger partial charge in [-0.1, -0.05) is 42.5 Å². The van der Waals surface area contributed by atoms with Crippen LogP contribution < -0.4 is 5.48 Å². The summed E-state index contributed by atoms with van der Waals surface area (Å²) in [5.41, 5.74) is 2.27. The van der Waals surface area contributed by atoms with Crippen LogP contribution >= 0.6 is 0 Å². The fourth-order valence-electron chi connectivity index (χ4n) is 3.09. The molecule has 25 heavy (non-hydrogen) atoms. The van der Waals surface area contributed by atoms with Crippen molar-refractivity contribution in [2.75, 3.05) is 7.11 Å². The lowest BCUT2D eigenvalue weighted by Gasteiger charge is -2.35. The minimum Gasteiger partial charge on any atom is -0.277 e. The number of carbonyl (C=O) groups is 3. The zero-order chi connectivity index (χ0) is 18.0.